The summed E-state index contributed by atoms with van der Waals surface area (Å²) < 4.78 is 5.72. The first kappa shape index (κ1) is 14.8. The summed E-state index contributed by atoms with van der Waals surface area (Å²) in [6.07, 6.45) is 5.25. The SMILES string of the molecule is CCN(C[C@@H]1CCCCO1)C(=O)Nc1ccc2[nH]ncc2c1. The van der Waals surface area contributed by atoms with E-state index in [0.717, 1.165) is 36.0 Å². The zero-order valence-electron chi connectivity index (χ0n) is 12.8. The van der Waals surface area contributed by atoms with Gasteiger partial charge in [-0.3, -0.25) is 5.10 Å². The van der Waals surface area contributed by atoms with Crippen molar-refractivity contribution in [2.24, 2.45) is 0 Å². The highest BCUT2D eigenvalue weighted by atomic mass is 16.5. The number of carbonyl (C=O) groups excluding carboxylic acids is 1. The van der Waals surface area contributed by atoms with Crippen LogP contribution in [0, 0.1) is 0 Å². The summed E-state index contributed by atoms with van der Waals surface area (Å²) in [5.74, 6) is 0. The maximum Gasteiger partial charge on any atom is 0.321 e. The van der Waals surface area contributed by atoms with Gasteiger partial charge in [0, 0.05) is 30.8 Å². The van der Waals surface area contributed by atoms with Gasteiger partial charge in [0.25, 0.3) is 0 Å². The number of likely N-dealkylation sites (N-methyl/N-ethyl adjacent to an activating group) is 1. The summed E-state index contributed by atoms with van der Waals surface area (Å²) >= 11 is 0. The number of nitrogens with zero attached hydrogens (tertiary/aromatic N) is 2. The molecule has 6 nitrogen and oxygen atoms in total. The second-order valence-electron chi connectivity index (χ2n) is 5.63. The topological polar surface area (TPSA) is 70.2 Å². The van der Waals surface area contributed by atoms with Gasteiger partial charge in [0.05, 0.1) is 17.8 Å². The lowest BCUT2D eigenvalue weighted by Gasteiger charge is -2.29. The van der Waals surface area contributed by atoms with Gasteiger partial charge < -0.3 is 15.0 Å². The lowest BCUT2D eigenvalue weighted by atomic mass is 10.1. The first-order valence-corrected chi connectivity index (χ1v) is 7.87. The summed E-state index contributed by atoms with van der Waals surface area (Å²) in [6, 6.07) is 5.63. The number of H-pyrrole nitrogens is 1. The summed E-state index contributed by atoms with van der Waals surface area (Å²) in [5, 5.41) is 10.8. The fourth-order valence-electron chi connectivity index (χ4n) is 2.78. The molecule has 2 heterocycles. The number of hydrogen-bond donors (Lipinski definition) is 2. The van der Waals surface area contributed by atoms with Crippen LogP contribution in [0.5, 0.6) is 0 Å². The highest BCUT2D eigenvalue weighted by molar-refractivity contribution is 5.92. The number of benzene rings is 1. The molecule has 1 atom stereocenters. The van der Waals surface area contributed by atoms with E-state index in [-0.39, 0.29) is 12.1 Å². The van der Waals surface area contributed by atoms with Crippen molar-refractivity contribution >= 4 is 22.6 Å². The normalized spacial score (nSPS) is 18.3. The second kappa shape index (κ2) is 6.79. The van der Waals surface area contributed by atoms with Crippen molar-refractivity contribution in [1.82, 2.24) is 15.1 Å². The Balaban J connectivity index is 1.62. The summed E-state index contributed by atoms with van der Waals surface area (Å²) in [5.41, 5.74) is 1.74. The van der Waals surface area contributed by atoms with E-state index in [1.165, 1.54) is 6.42 Å². The highest BCUT2D eigenvalue weighted by Crippen LogP contribution is 2.18. The first-order valence-electron chi connectivity index (χ1n) is 7.87. The van der Waals surface area contributed by atoms with Gasteiger partial charge in [0.2, 0.25) is 0 Å². The molecule has 0 bridgehead atoms. The fraction of sp³-hybridized carbons (Fsp3) is 0.500. The minimum absolute atomic E-state index is 0.0838. The average molecular weight is 302 g/mol. The molecule has 3 rings (SSSR count). The summed E-state index contributed by atoms with van der Waals surface area (Å²) in [6.45, 7) is 4.11. The van der Waals surface area contributed by atoms with Crippen LogP contribution in [0.3, 0.4) is 0 Å². The molecule has 0 unspecified atom stereocenters. The van der Waals surface area contributed by atoms with Gasteiger partial charge >= 0.3 is 6.03 Å². The zero-order valence-corrected chi connectivity index (χ0v) is 12.8. The number of amides is 2. The number of anilines is 1. The quantitative estimate of drug-likeness (QED) is 0.912. The second-order valence-corrected chi connectivity index (χ2v) is 5.63. The van der Waals surface area contributed by atoms with Crippen LogP contribution in [0.2, 0.25) is 0 Å². The lowest BCUT2D eigenvalue weighted by Crippen LogP contribution is -2.41. The monoisotopic (exact) mass is 302 g/mol. The Kier molecular flexibility index (Phi) is 4.58. The van der Waals surface area contributed by atoms with E-state index in [9.17, 15) is 4.79 Å². The Labute approximate surface area is 129 Å². The molecule has 118 valence electrons. The number of urea groups is 1. The minimum Gasteiger partial charge on any atom is -0.376 e. The van der Waals surface area contributed by atoms with Gasteiger partial charge in [0.15, 0.2) is 0 Å². The minimum atomic E-state index is -0.0838. The van der Waals surface area contributed by atoms with E-state index in [1.807, 2.05) is 25.1 Å². The number of nitrogens with one attached hydrogen (secondary N) is 2. The molecule has 0 spiro atoms. The largest absolute Gasteiger partial charge is 0.376 e. The van der Waals surface area contributed by atoms with Crippen molar-refractivity contribution in [3.05, 3.63) is 24.4 Å². The predicted molar refractivity (Wildman–Crippen MR) is 86.0 cm³/mol. The molecule has 6 heteroatoms. The van der Waals surface area contributed by atoms with E-state index < -0.39 is 0 Å². The van der Waals surface area contributed by atoms with Crippen molar-refractivity contribution in [3.63, 3.8) is 0 Å². The molecule has 0 saturated carbocycles. The first-order chi connectivity index (χ1) is 10.8. The Morgan fingerprint density at radius 3 is 3.18 bits per heavy atom. The molecular formula is C16H22N4O2. The smallest absolute Gasteiger partial charge is 0.321 e. The Bertz CT molecular complexity index is 634. The van der Waals surface area contributed by atoms with Gasteiger partial charge in [-0.05, 0) is 44.4 Å². The molecule has 1 aromatic heterocycles. The molecule has 1 aliphatic heterocycles. The third-order valence-corrected chi connectivity index (χ3v) is 4.06. The standard InChI is InChI=1S/C16H22N4O2/c1-2-20(11-14-5-3-4-8-22-14)16(21)18-13-6-7-15-12(9-13)10-17-19-15/h6-7,9-10,14H,2-5,8,11H2,1H3,(H,17,19)(H,18,21)/t14-/m0/s1. The van der Waals surface area contributed by atoms with Crippen LogP contribution in [-0.2, 0) is 4.74 Å². The fourth-order valence-corrected chi connectivity index (χ4v) is 2.78. The highest BCUT2D eigenvalue weighted by Gasteiger charge is 2.20. The Morgan fingerprint density at radius 2 is 2.41 bits per heavy atom. The van der Waals surface area contributed by atoms with Gasteiger partial charge in [-0.2, -0.15) is 5.10 Å². The van der Waals surface area contributed by atoms with E-state index in [1.54, 1.807) is 11.1 Å². The molecule has 22 heavy (non-hydrogen) atoms. The number of hydrogen-bond acceptors (Lipinski definition) is 3. The molecule has 0 radical (unpaired) electrons. The molecule has 2 amide bonds. The average Bonchev–Trinajstić information content (AvgIpc) is 3.01. The van der Waals surface area contributed by atoms with Crippen LogP contribution < -0.4 is 5.32 Å². The zero-order chi connectivity index (χ0) is 15.4. The maximum absolute atomic E-state index is 12.4. The molecular weight excluding hydrogens is 280 g/mol. The van der Waals surface area contributed by atoms with Gasteiger partial charge in [-0.25, -0.2) is 4.79 Å². The molecule has 1 fully saturated rings. The molecule has 2 N–H and O–H groups in total. The van der Waals surface area contributed by atoms with Gasteiger partial charge in [0.1, 0.15) is 0 Å². The van der Waals surface area contributed by atoms with E-state index in [0.29, 0.717) is 13.1 Å². The van der Waals surface area contributed by atoms with Crippen molar-refractivity contribution < 1.29 is 9.53 Å². The van der Waals surface area contributed by atoms with Crippen molar-refractivity contribution in [2.45, 2.75) is 32.3 Å². The molecule has 2 aromatic rings. The number of aromatic amines is 1. The number of fused-ring (bicyclic) bond motifs is 1. The third kappa shape index (κ3) is 3.39. The molecule has 0 aliphatic carbocycles. The van der Waals surface area contributed by atoms with E-state index >= 15 is 0 Å². The predicted octanol–water partition coefficient (Wildman–Crippen LogP) is 2.99. The number of rotatable bonds is 4. The van der Waals surface area contributed by atoms with E-state index in [2.05, 4.69) is 15.5 Å². The number of carbonyl (C=O) groups is 1. The summed E-state index contributed by atoms with van der Waals surface area (Å²) in [7, 11) is 0. The molecule has 1 aliphatic rings. The Hall–Kier alpha value is -2.08. The van der Waals surface area contributed by atoms with E-state index in [4.69, 9.17) is 4.74 Å². The van der Waals surface area contributed by atoms with Crippen LogP contribution >= 0.6 is 0 Å². The maximum atomic E-state index is 12.4. The van der Waals surface area contributed by atoms with Crippen LogP contribution in [-0.4, -0.2) is 46.9 Å². The van der Waals surface area contributed by atoms with Crippen LogP contribution in [0.25, 0.3) is 10.9 Å². The molecule has 1 aromatic carbocycles. The Morgan fingerprint density at radius 1 is 1.50 bits per heavy atom. The van der Waals surface area contributed by atoms with Crippen LogP contribution in [0.4, 0.5) is 10.5 Å². The van der Waals surface area contributed by atoms with Gasteiger partial charge in [-0.15, -0.1) is 0 Å². The van der Waals surface area contributed by atoms with Crippen LogP contribution in [0.15, 0.2) is 24.4 Å². The molecule has 1 saturated heterocycles. The van der Waals surface area contributed by atoms with Crippen LogP contribution in [0.1, 0.15) is 26.2 Å². The van der Waals surface area contributed by atoms with Crippen molar-refractivity contribution in [1.29, 1.82) is 0 Å². The summed E-state index contributed by atoms with van der Waals surface area (Å²) in [4.78, 5) is 14.2. The number of ether oxygens (including phenoxy) is 1. The van der Waals surface area contributed by atoms with Crippen molar-refractivity contribution in [3.8, 4) is 0 Å². The third-order valence-electron chi connectivity index (χ3n) is 4.06. The lowest BCUT2D eigenvalue weighted by molar-refractivity contribution is 0.00221. The number of aromatic nitrogens is 2. The van der Waals surface area contributed by atoms with Crippen molar-refractivity contribution in [2.75, 3.05) is 25.0 Å². The van der Waals surface area contributed by atoms with Gasteiger partial charge in [-0.1, -0.05) is 0 Å².